The Morgan fingerprint density at radius 2 is 1.78 bits per heavy atom. The molecule has 2 aliphatic rings. The highest BCUT2D eigenvalue weighted by Gasteiger charge is 2.54. The highest BCUT2D eigenvalue weighted by molar-refractivity contribution is 6.73. The maximum atomic E-state index is 12.8. The van der Waals surface area contributed by atoms with Gasteiger partial charge in [-0.25, -0.2) is 4.79 Å². The molecule has 6 atom stereocenters. The molecule has 200 valence electrons. The van der Waals surface area contributed by atoms with Crippen molar-refractivity contribution in [2.45, 2.75) is 117 Å². The summed E-state index contributed by atoms with van der Waals surface area (Å²) in [5.74, 6) is 7.00. The molecule has 3 rings (SSSR count). The van der Waals surface area contributed by atoms with Gasteiger partial charge in [0.15, 0.2) is 8.32 Å². The van der Waals surface area contributed by atoms with E-state index in [0.717, 1.165) is 50.2 Å². The lowest BCUT2D eigenvalue weighted by Crippen LogP contribution is -2.45. The summed E-state index contributed by atoms with van der Waals surface area (Å²) in [6.45, 7) is 15.3. The summed E-state index contributed by atoms with van der Waals surface area (Å²) in [4.78, 5) is 12.8. The number of ether oxygens (including phenoxy) is 1. The van der Waals surface area contributed by atoms with Gasteiger partial charge in [0.2, 0.25) is 0 Å². The monoisotopic (exact) mass is 512 g/mol. The number of hydrogen-bond acceptors (Lipinski definition) is 4. The van der Waals surface area contributed by atoms with Crippen molar-refractivity contribution in [1.82, 2.24) is 0 Å². The SMILES string of the molecule is CC[Si](CC)(CC)OC(C)(C)C#CC(O)[C@@H](C)C1CC[C@H]2[C@@H](OC(=O)c3ccccc3)CCC[C@]12C. The van der Waals surface area contributed by atoms with E-state index in [-0.39, 0.29) is 23.4 Å². The molecule has 0 saturated heterocycles. The van der Waals surface area contributed by atoms with Gasteiger partial charge in [0.05, 0.1) is 5.56 Å². The Kier molecular flexibility index (Phi) is 9.52. The molecule has 0 amide bonds. The van der Waals surface area contributed by atoms with E-state index in [1.54, 1.807) is 0 Å². The van der Waals surface area contributed by atoms with Crippen LogP contribution in [0.2, 0.25) is 18.1 Å². The third kappa shape index (κ3) is 6.26. The Balaban J connectivity index is 1.69. The molecule has 1 aromatic rings. The Morgan fingerprint density at radius 1 is 1.14 bits per heavy atom. The van der Waals surface area contributed by atoms with Crippen molar-refractivity contribution in [1.29, 1.82) is 0 Å². The number of rotatable bonds is 9. The Morgan fingerprint density at radius 3 is 2.39 bits per heavy atom. The molecule has 1 aromatic carbocycles. The van der Waals surface area contributed by atoms with E-state index in [4.69, 9.17) is 9.16 Å². The summed E-state index contributed by atoms with van der Waals surface area (Å²) in [5, 5.41) is 11.2. The minimum Gasteiger partial charge on any atom is -0.458 e. The van der Waals surface area contributed by atoms with E-state index in [0.29, 0.717) is 17.4 Å². The van der Waals surface area contributed by atoms with E-state index in [1.807, 2.05) is 44.2 Å². The van der Waals surface area contributed by atoms with Crippen LogP contribution in [0.3, 0.4) is 0 Å². The quantitative estimate of drug-likeness (QED) is 0.215. The summed E-state index contributed by atoms with van der Waals surface area (Å²) in [6, 6.07) is 12.5. The van der Waals surface area contributed by atoms with E-state index in [1.165, 1.54) is 0 Å². The van der Waals surface area contributed by atoms with Gasteiger partial charge in [-0.1, -0.05) is 64.7 Å². The van der Waals surface area contributed by atoms with Crippen LogP contribution in [0, 0.1) is 35.0 Å². The van der Waals surface area contributed by atoms with Crippen molar-refractivity contribution in [3.05, 3.63) is 35.9 Å². The first kappa shape index (κ1) is 29.0. The summed E-state index contributed by atoms with van der Waals surface area (Å²) in [5.41, 5.74) is 0.103. The third-order valence-corrected chi connectivity index (χ3v) is 14.3. The Hall–Kier alpha value is -1.61. The second-order valence-electron chi connectivity index (χ2n) is 11.9. The molecular weight excluding hydrogens is 464 g/mol. The predicted molar refractivity (Wildman–Crippen MR) is 149 cm³/mol. The molecule has 2 unspecified atom stereocenters. The predicted octanol–water partition coefficient (Wildman–Crippen LogP) is 7.23. The van der Waals surface area contributed by atoms with Gasteiger partial charge in [0.1, 0.15) is 17.8 Å². The molecule has 0 heterocycles. The topological polar surface area (TPSA) is 55.8 Å². The highest BCUT2D eigenvalue weighted by atomic mass is 28.4. The Bertz CT molecular complexity index is 921. The molecule has 0 aliphatic heterocycles. The number of esters is 1. The second-order valence-corrected chi connectivity index (χ2v) is 16.6. The van der Waals surface area contributed by atoms with Crippen LogP contribution in [-0.2, 0) is 9.16 Å². The number of benzene rings is 1. The maximum Gasteiger partial charge on any atom is 0.338 e. The number of hydrogen-bond donors (Lipinski definition) is 1. The zero-order chi connectivity index (χ0) is 26.6. The smallest absolute Gasteiger partial charge is 0.338 e. The van der Waals surface area contributed by atoms with Gasteiger partial charge in [-0.15, -0.1) is 0 Å². The van der Waals surface area contributed by atoms with E-state index in [2.05, 4.69) is 46.5 Å². The fourth-order valence-corrected chi connectivity index (χ4v) is 10.1. The summed E-state index contributed by atoms with van der Waals surface area (Å²) >= 11 is 0. The van der Waals surface area contributed by atoms with Crippen LogP contribution in [0.25, 0.3) is 0 Å². The lowest BCUT2D eigenvalue weighted by Gasteiger charge is -2.46. The van der Waals surface area contributed by atoms with Crippen molar-refractivity contribution in [2.24, 2.45) is 23.2 Å². The summed E-state index contributed by atoms with van der Waals surface area (Å²) < 4.78 is 12.7. The van der Waals surface area contributed by atoms with Crippen molar-refractivity contribution < 1.29 is 19.1 Å². The molecule has 2 saturated carbocycles. The number of carbonyl (C=O) groups is 1. The molecule has 1 N–H and O–H groups in total. The van der Waals surface area contributed by atoms with Gasteiger partial charge >= 0.3 is 5.97 Å². The largest absolute Gasteiger partial charge is 0.458 e. The molecule has 0 bridgehead atoms. The summed E-state index contributed by atoms with van der Waals surface area (Å²) in [7, 11) is -1.78. The molecule has 0 radical (unpaired) electrons. The molecular formula is C31H48O4Si. The molecule has 0 aromatic heterocycles. The lowest BCUT2D eigenvalue weighted by atomic mass is 9.61. The van der Waals surface area contributed by atoms with Crippen molar-refractivity contribution in [3.8, 4) is 11.8 Å². The van der Waals surface area contributed by atoms with Crippen molar-refractivity contribution in [2.75, 3.05) is 0 Å². The van der Waals surface area contributed by atoms with Crippen molar-refractivity contribution in [3.63, 3.8) is 0 Å². The van der Waals surface area contributed by atoms with Crippen LogP contribution < -0.4 is 0 Å². The van der Waals surface area contributed by atoms with Gasteiger partial charge in [-0.3, -0.25) is 0 Å². The first-order valence-corrected chi connectivity index (χ1v) is 16.7. The van der Waals surface area contributed by atoms with Crippen LogP contribution in [0.5, 0.6) is 0 Å². The second kappa shape index (κ2) is 11.8. The maximum absolute atomic E-state index is 12.8. The lowest BCUT2D eigenvalue weighted by molar-refractivity contribution is -0.0532. The third-order valence-electron chi connectivity index (χ3n) is 9.46. The van der Waals surface area contributed by atoms with Crippen LogP contribution in [-0.4, -0.2) is 37.2 Å². The first-order valence-electron chi connectivity index (χ1n) is 14.2. The first-order chi connectivity index (χ1) is 17.0. The number of aliphatic hydroxyl groups is 1. The van der Waals surface area contributed by atoms with Gasteiger partial charge in [-0.2, -0.15) is 0 Å². The van der Waals surface area contributed by atoms with Crippen LogP contribution >= 0.6 is 0 Å². The van der Waals surface area contributed by atoms with Crippen LogP contribution in [0.15, 0.2) is 30.3 Å². The summed E-state index contributed by atoms with van der Waals surface area (Å²) in [6.07, 6.45) is 4.40. The van der Waals surface area contributed by atoms with Gasteiger partial charge in [0.25, 0.3) is 0 Å². The molecule has 5 heteroatoms. The van der Waals surface area contributed by atoms with E-state index in [9.17, 15) is 9.90 Å². The molecule has 4 nitrogen and oxygen atoms in total. The fraction of sp³-hybridized carbons (Fsp3) is 0.710. The van der Waals surface area contributed by atoms with Gasteiger partial charge in [0, 0.05) is 5.92 Å². The zero-order valence-electron chi connectivity index (χ0n) is 23.6. The van der Waals surface area contributed by atoms with E-state index < -0.39 is 20.0 Å². The number of aliphatic hydroxyl groups excluding tert-OH is 1. The number of fused-ring (bicyclic) bond motifs is 1. The van der Waals surface area contributed by atoms with E-state index >= 15 is 0 Å². The van der Waals surface area contributed by atoms with Crippen molar-refractivity contribution >= 4 is 14.3 Å². The molecule has 0 spiro atoms. The fourth-order valence-electron chi connectivity index (χ4n) is 7.08. The van der Waals surface area contributed by atoms with Gasteiger partial charge in [-0.05, 0) is 93.5 Å². The average molecular weight is 513 g/mol. The molecule has 2 fully saturated rings. The minimum absolute atomic E-state index is 0.0443. The average Bonchev–Trinajstić information content (AvgIpc) is 3.23. The van der Waals surface area contributed by atoms with Gasteiger partial charge < -0.3 is 14.3 Å². The minimum atomic E-state index is -1.78. The Labute approximate surface area is 220 Å². The normalized spacial score (nSPS) is 27.9. The van der Waals surface area contributed by atoms with Crippen LogP contribution in [0.1, 0.15) is 90.9 Å². The highest BCUT2D eigenvalue weighted by Crippen LogP contribution is 2.58. The van der Waals surface area contributed by atoms with Crippen LogP contribution in [0.4, 0.5) is 0 Å². The molecule has 36 heavy (non-hydrogen) atoms. The standard InChI is InChI=1S/C31H48O4Si/c1-8-36(9-2,10-3)35-30(5,6)22-20-27(32)23(4)25-18-19-26-28(17-14-21-31(25,26)7)34-29(33)24-15-12-11-13-16-24/h11-13,15-16,23,25-28,32H,8-10,14,17-19,21H2,1-7H3/t23-,25?,26-,27?,28-,31+/m0/s1. The number of carbonyl (C=O) groups excluding carboxylic acids is 1. The zero-order valence-corrected chi connectivity index (χ0v) is 24.6. The molecule has 2 aliphatic carbocycles.